The maximum absolute atomic E-state index is 14.1. The number of unbranched alkanes of at least 4 members (excludes halogenated alkanes) is 3. The van der Waals surface area contributed by atoms with Crippen LogP contribution in [0, 0.1) is 0 Å². The highest BCUT2D eigenvalue weighted by Gasteiger charge is 2.19. The Labute approximate surface area is 136 Å². The van der Waals surface area contributed by atoms with E-state index in [2.05, 4.69) is 5.32 Å². The van der Waals surface area contributed by atoms with Gasteiger partial charge in [-0.15, -0.1) is 0 Å². The number of halogens is 1. The van der Waals surface area contributed by atoms with E-state index in [0.29, 0.717) is 18.8 Å². The first kappa shape index (κ1) is 19.1. The van der Waals surface area contributed by atoms with Crippen LogP contribution >= 0.6 is 0 Å². The Kier molecular flexibility index (Phi) is 8.90. The van der Waals surface area contributed by atoms with E-state index in [-0.39, 0.29) is 18.0 Å². The summed E-state index contributed by atoms with van der Waals surface area (Å²) in [5.41, 5.74) is 5.63. The van der Waals surface area contributed by atoms with Crippen molar-refractivity contribution in [3.05, 3.63) is 29.8 Å². The molecule has 0 heterocycles. The molecular weight excluding hydrogens is 299 g/mol. The van der Waals surface area contributed by atoms with Gasteiger partial charge in [0.15, 0.2) is 0 Å². The summed E-state index contributed by atoms with van der Waals surface area (Å²) in [6.45, 7) is 2.81. The van der Waals surface area contributed by atoms with Crippen molar-refractivity contribution in [3.8, 4) is 5.75 Å². The van der Waals surface area contributed by atoms with Gasteiger partial charge < -0.3 is 15.8 Å². The number of nitrogens with two attached hydrogens (primary N) is 1. The molecule has 1 rings (SSSR count). The zero-order chi connectivity index (χ0) is 17.1. The van der Waals surface area contributed by atoms with Gasteiger partial charge in [-0.2, -0.15) is 0 Å². The van der Waals surface area contributed by atoms with Crippen LogP contribution in [-0.2, 0) is 9.59 Å². The molecule has 0 aliphatic rings. The second-order valence-corrected chi connectivity index (χ2v) is 5.25. The highest BCUT2D eigenvalue weighted by Crippen LogP contribution is 2.21. The monoisotopic (exact) mass is 324 g/mol. The SMILES string of the molecule is CCC(=O)Oc1ccc([C@H](F)C(=O)NCCCCCCN)cc1. The third-order valence-electron chi connectivity index (χ3n) is 3.35. The van der Waals surface area contributed by atoms with Crippen molar-refractivity contribution in [1.82, 2.24) is 5.32 Å². The van der Waals surface area contributed by atoms with E-state index in [1.165, 1.54) is 24.3 Å². The van der Waals surface area contributed by atoms with Crippen LogP contribution in [0.15, 0.2) is 24.3 Å². The molecule has 1 aromatic carbocycles. The van der Waals surface area contributed by atoms with Gasteiger partial charge in [-0.3, -0.25) is 9.59 Å². The lowest BCUT2D eigenvalue weighted by Gasteiger charge is -2.10. The summed E-state index contributed by atoms with van der Waals surface area (Å²) in [6, 6.07) is 5.86. The van der Waals surface area contributed by atoms with E-state index in [0.717, 1.165) is 25.7 Å². The number of esters is 1. The minimum atomic E-state index is -1.73. The molecule has 0 saturated carbocycles. The third kappa shape index (κ3) is 7.23. The van der Waals surface area contributed by atoms with Crippen LogP contribution in [0.3, 0.4) is 0 Å². The first-order valence-corrected chi connectivity index (χ1v) is 8.01. The van der Waals surface area contributed by atoms with Crippen LogP contribution in [0.1, 0.15) is 50.8 Å². The van der Waals surface area contributed by atoms with Crippen LogP contribution in [0.4, 0.5) is 4.39 Å². The standard InChI is InChI=1S/C17H25FN2O3/c1-2-15(21)23-14-9-7-13(8-10-14)16(18)17(22)20-12-6-4-3-5-11-19/h7-10,16H,2-6,11-12,19H2,1H3,(H,20,22)/t16-/m0/s1. The lowest BCUT2D eigenvalue weighted by Crippen LogP contribution is -2.28. The predicted octanol–water partition coefficient (Wildman–Crippen LogP) is 2.65. The molecule has 0 saturated heterocycles. The minimum Gasteiger partial charge on any atom is -0.427 e. The second kappa shape index (κ2) is 10.7. The fraction of sp³-hybridized carbons (Fsp3) is 0.529. The molecule has 0 spiro atoms. The normalized spacial score (nSPS) is 11.8. The molecule has 1 amide bonds. The maximum Gasteiger partial charge on any atom is 0.310 e. The first-order chi connectivity index (χ1) is 11.1. The van der Waals surface area contributed by atoms with Gasteiger partial charge in [0.05, 0.1) is 0 Å². The summed E-state index contributed by atoms with van der Waals surface area (Å²) in [6.07, 6.45) is 2.30. The molecule has 5 nitrogen and oxygen atoms in total. The Morgan fingerprint density at radius 3 is 2.43 bits per heavy atom. The summed E-state index contributed by atoms with van der Waals surface area (Å²) in [5.74, 6) is -0.669. The number of hydrogen-bond donors (Lipinski definition) is 2. The Hall–Kier alpha value is -1.95. The summed E-state index contributed by atoms with van der Waals surface area (Å²) in [7, 11) is 0. The van der Waals surface area contributed by atoms with Crippen molar-refractivity contribution >= 4 is 11.9 Å². The fourth-order valence-electron chi connectivity index (χ4n) is 1.98. The molecule has 6 heteroatoms. The van der Waals surface area contributed by atoms with Crippen LogP contribution in [0.2, 0.25) is 0 Å². The van der Waals surface area contributed by atoms with E-state index in [1.807, 2.05) is 0 Å². The average Bonchev–Trinajstić information content (AvgIpc) is 2.57. The van der Waals surface area contributed by atoms with E-state index in [1.54, 1.807) is 6.92 Å². The molecule has 0 bridgehead atoms. The molecule has 0 aromatic heterocycles. The second-order valence-electron chi connectivity index (χ2n) is 5.25. The van der Waals surface area contributed by atoms with E-state index in [9.17, 15) is 14.0 Å². The molecule has 0 radical (unpaired) electrons. The molecule has 128 valence electrons. The van der Waals surface area contributed by atoms with Crippen molar-refractivity contribution in [2.45, 2.75) is 45.2 Å². The lowest BCUT2D eigenvalue weighted by molar-refractivity contribution is -0.134. The molecule has 0 aliphatic heterocycles. The topological polar surface area (TPSA) is 81.4 Å². The predicted molar refractivity (Wildman–Crippen MR) is 86.7 cm³/mol. The number of nitrogens with one attached hydrogen (secondary N) is 1. The van der Waals surface area contributed by atoms with Crippen molar-refractivity contribution in [1.29, 1.82) is 0 Å². The molecule has 0 fully saturated rings. The Balaban J connectivity index is 2.39. The van der Waals surface area contributed by atoms with Gasteiger partial charge in [-0.1, -0.05) is 31.9 Å². The minimum absolute atomic E-state index is 0.238. The van der Waals surface area contributed by atoms with Gasteiger partial charge in [0.25, 0.3) is 5.91 Å². The third-order valence-corrected chi connectivity index (χ3v) is 3.35. The van der Waals surface area contributed by atoms with E-state index < -0.39 is 12.1 Å². The number of ether oxygens (including phenoxy) is 1. The number of rotatable bonds is 10. The van der Waals surface area contributed by atoms with Crippen molar-refractivity contribution in [2.75, 3.05) is 13.1 Å². The van der Waals surface area contributed by atoms with Gasteiger partial charge in [0.1, 0.15) is 5.75 Å². The number of amides is 1. The smallest absolute Gasteiger partial charge is 0.310 e. The maximum atomic E-state index is 14.1. The Morgan fingerprint density at radius 1 is 1.17 bits per heavy atom. The number of hydrogen-bond acceptors (Lipinski definition) is 4. The van der Waals surface area contributed by atoms with Gasteiger partial charge in [0, 0.05) is 13.0 Å². The fourth-order valence-corrected chi connectivity index (χ4v) is 1.98. The van der Waals surface area contributed by atoms with Gasteiger partial charge in [0.2, 0.25) is 6.17 Å². The number of alkyl halides is 1. The van der Waals surface area contributed by atoms with Gasteiger partial charge >= 0.3 is 5.97 Å². The zero-order valence-corrected chi connectivity index (χ0v) is 13.5. The number of carbonyl (C=O) groups excluding carboxylic acids is 2. The van der Waals surface area contributed by atoms with Crippen LogP contribution in [0.5, 0.6) is 5.75 Å². The number of carbonyl (C=O) groups is 2. The van der Waals surface area contributed by atoms with Crippen LogP contribution in [0.25, 0.3) is 0 Å². The van der Waals surface area contributed by atoms with Gasteiger partial charge in [-0.05, 0) is 37.1 Å². The van der Waals surface area contributed by atoms with Gasteiger partial charge in [-0.25, -0.2) is 4.39 Å². The Bertz CT molecular complexity index is 491. The largest absolute Gasteiger partial charge is 0.427 e. The number of benzene rings is 1. The average molecular weight is 324 g/mol. The molecule has 1 aromatic rings. The van der Waals surface area contributed by atoms with E-state index in [4.69, 9.17) is 10.5 Å². The quantitative estimate of drug-likeness (QED) is 0.394. The lowest BCUT2D eigenvalue weighted by atomic mass is 10.1. The highest BCUT2D eigenvalue weighted by molar-refractivity contribution is 5.82. The van der Waals surface area contributed by atoms with Crippen molar-refractivity contribution in [2.24, 2.45) is 5.73 Å². The van der Waals surface area contributed by atoms with Crippen molar-refractivity contribution < 1.29 is 18.7 Å². The van der Waals surface area contributed by atoms with Crippen LogP contribution in [-0.4, -0.2) is 25.0 Å². The summed E-state index contributed by atoms with van der Waals surface area (Å²) in [4.78, 5) is 22.9. The molecular formula is C17H25FN2O3. The van der Waals surface area contributed by atoms with Crippen molar-refractivity contribution in [3.63, 3.8) is 0 Å². The highest BCUT2D eigenvalue weighted by atomic mass is 19.1. The summed E-state index contributed by atoms with van der Waals surface area (Å²) in [5, 5.41) is 2.58. The molecule has 0 aliphatic carbocycles. The summed E-state index contributed by atoms with van der Waals surface area (Å²) >= 11 is 0. The zero-order valence-electron chi connectivity index (χ0n) is 13.5. The molecule has 3 N–H and O–H groups in total. The molecule has 1 atom stereocenters. The first-order valence-electron chi connectivity index (χ1n) is 8.01. The molecule has 0 unspecified atom stereocenters. The van der Waals surface area contributed by atoms with E-state index >= 15 is 0 Å². The molecule has 23 heavy (non-hydrogen) atoms. The summed E-state index contributed by atoms with van der Waals surface area (Å²) < 4.78 is 19.1. The van der Waals surface area contributed by atoms with Crippen LogP contribution < -0.4 is 15.8 Å². The Morgan fingerprint density at radius 2 is 1.83 bits per heavy atom.